The van der Waals surface area contributed by atoms with Crippen LogP contribution in [0.5, 0.6) is 0 Å². The van der Waals surface area contributed by atoms with Crippen LogP contribution in [0.2, 0.25) is 0 Å². The number of carbonyl (C=O) groups excluding carboxylic acids is 1. The number of benzene rings is 2. The average molecular weight is 483 g/mol. The summed E-state index contributed by atoms with van der Waals surface area (Å²) in [6, 6.07) is 9.12. The normalized spacial score (nSPS) is 15.8. The predicted octanol–water partition coefficient (Wildman–Crippen LogP) is 3.22. The van der Waals surface area contributed by atoms with Crippen molar-refractivity contribution in [2.24, 2.45) is 5.73 Å². The largest absolute Gasteiger partial charge is 0.366 e. The fourth-order valence-electron chi connectivity index (χ4n) is 4.07. The van der Waals surface area contributed by atoms with E-state index < -0.39 is 28.8 Å². The van der Waals surface area contributed by atoms with E-state index in [-0.39, 0.29) is 11.7 Å². The first-order chi connectivity index (χ1) is 16.3. The zero-order valence-electron chi connectivity index (χ0n) is 18.1. The molecule has 0 radical (unpaired) electrons. The summed E-state index contributed by atoms with van der Waals surface area (Å²) in [5, 5.41) is 7.65. The van der Waals surface area contributed by atoms with Crippen LogP contribution in [-0.2, 0) is 0 Å². The highest BCUT2D eigenvalue weighted by Crippen LogP contribution is 2.38. The number of para-hydroxylation sites is 1. The van der Waals surface area contributed by atoms with Crippen molar-refractivity contribution >= 4 is 38.8 Å². The molecule has 34 heavy (non-hydrogen) atoms. The minimum atomic E-state index is -0.968. The summed E-state index contributed by atoms with van der Waals surface area (Å²) in [6.07, 6.45) is 0.813. The van der Waals surface area contributed by atoms with Crippen LogP contribution in [0.4, 0.5) is 20.2 Å². The number of nitrogens with two attached hydrogens (primary N) is 1. The molecule has 1 amide bonds. The molecule has 2 aromatic carbocycles. The van der Waals surface area contributed by atoms with Crippen molar-refractivity contribution in [2.45, 2.75) is 19.4 Å². The van der Waals surface area contributed by atoms with E-state index in [0.717, 1.165) is 52.1 Å². The van der Waals surface area contributed by atoms with Crippen LogP contribution >= 0.6 is 11.3 Å². The predicted molar refractivity (Wildman–Crippen MR) is 127 cm³/mol. The van der Waals surface area contributed by atoms with Gasteiger partial charge in [0.15, 0.2) is 11.6 Å². The number of hydrogen-bond acceptors (Lipinski definition) is 7. The fraction of sp³-hybridized carbons (Fsp3) is 0.217. The van der Waals surface area contributed by atoms with Crippen LogP contribution in [0.15, 0.2) is 47.3 Å². The Balaban J connectivity index is 1.54. The topological polar surface area (TPSA) is 106 Å². The third kappa shape index (κ3) is 3.93. The Kier molecular flexibility index (Phi) is 5.58. The molecule has 0 saturated carbocycles. The van der Waals surface area contributed by atoms with Crippen molar-refractivity contribution in [1.29, 1.82) is 0 Å². The third-order valence-electron chi connectivity index (χ3n) is 5.61. The quantitative estimate of drug-likeness (QED) is 0.463. The third-order valence-corrected chi connectivity index (χ3v) is 6.55. The van der Waals surface area contributed by atoms with E-state index in [1.165, 1.54) is 12.1 Å². The molecule has 4 aromatic rings. The van der Waals surface area contributed by atoms with Gasteiger partial charge < -0.3 is 16.0 Å². The number of aryl methyl sites for hydroxylation is 1. The van der Waals surface area contributed by atoms with Gasteiger partial charge in [0.1, 0.15) is 16.9 Å². The molecule has 0 aliphatic carbocycles. The van der Waals surface area contributed by atoms with Crippen LogP contribution in [0, 0.1) is 18.6 Å². The van der Waals surface area contributed by atoms with E-state index in [1.807, 2.05) is 13.0 Å². The zero-order chi connectivity index (χ0) is 24.0. The molecule has 11 heteroatoms. The molecule has 8 nitrogen and oxygen atoms in total. The minimum absolute atomic E-state index is 0.0134. The van der Waals surface area contributed by atoms with Crippen molar-refractivity contribution < 1.29 is 13.6 Å². The summed E-state index contributed by atoms with van der Waals surface area (Å²) in [5.74, 6) is -2.57. The summed E-state index contributed by atoms with van der Waals surface area (Å²) >= 11 is 1.55. The number of carbonyl (C=O) groups is 1. The molecule has 1 saturated heterocycles. The second kappa shape index (κ2) is 8.58. The van der Waals surface area contributed by atoms with Crippen LogP contribution < -0.4 is 21.5 Å². The van der Waals surface area contributed by atoms with E-state index in [1.54, 1.807) is 17.4 Å². The van der Waals surface area contributed by atoms with Gasteiger partial charge in [0.05, 0.1) is 21.1 Å². The number of hydrogen-bond donors (Lipinski definition) is 2. The molecule has 1 aliphatic rings. The molecule has 0 bridgehead atoms. The van der Waals surface area contributed by atoms with Gasteiger partial charge in [-0.05, 0) is 43.7 Å². The fourth-order valence-corrected chi connectivity index (χ4v) is 4.90. The first-order valence-corrected chi connectivity index (χ1v) is 11.4. The molecule has 3 N–H and O–H groups in total. The Morgan fingerprint density at radius 3 is 2.62 bits per heavy atom. The van der Waals surface area contributed by atoms with Gasteiger partial charge >= 0.3 is 0 Å². The SMILES string of the molecule is Cc1nc2c(N3CC[C@@H](N)C3)c(NC(=O)c3ccc(=O)n(-c4c(F)cccc4F)n3)ccc2s1. The summed E-state index contributed by atoms with van der Waals surface area (Å²) in [6.45, 7) is 3.25. The molecule has 5 rings (SSSR count). The smallest absolute Gasteiger partial charge is 0.276 e. The molecule has 1 aliphatic heterocycles. The Morgan fingerprint density at radius 2 is 1.91 bits per heavy atom. The number of fused-ring (bicyclic) bond motifs is 1. The lowest BCUT2D eigenvalue weighted by atomic mass is 10.2. The lowest BCUT2D eigenvalue weighted by Gasteiger charge is -2.22. The molecular weight excluding hydrogens is 462 g/mol. The Hall–Kier alpha value is -3.70. The van der Waals surface area contributed by atoms with Crippen molar-refractivity contribution in [1.82, 2.24) is 14.8 Å². The van der Waals surface area contributed by atoms with Gasteiger partial charge in [-0.15, -0.1) is 11.3 Å². The summed E-state index contributed by atoms with van der Waals surface area (Å²) in [7, 11) is 0. The van der Waals surface area contributed by atoms with E-state index >= 15 is 0 Å². The average Bonchev–Trinajstić information content (AvgIpc) is 3.39. The molecule has 1 atom stereocenters. The maximum absolute atomic E-state index is 14.2. The van der Waals surface area contributed by atoms with Gasteiger partial charge in [0.25, 0.3) is 11.5 Å². The van der Waals surface area contributed by atoms with Crippen LogP contribution in [0.1, 0.15) is 21.9 Å². The van der Waals surface area contributed by atoms with E-state index in [4.69, 9.17) is 5.73 Å². The molecule has 0 spiro atoms. The Morgan fingerprint density at radius 1 is 1.15 bits per heavy atom. The van der Waals surface area contributed by atoms with Gasteiger partial charge in [-0.3, -0.25) is 9.59 Å². The van der Waals surface area contributed by atoms with Crippen LogP contribution in [0.3, 0.4) is 0 Å². The zero-order valence-corrected chi connectivity index (χ0v) is 18.9. The lowest BCUT2D eigenvalue weighted by Crippen LogP contribution is -2.28. The van der Waals surface area contributed by atoms with E-state index in [9.17, 15) is 18.4 Å². The second-order valence-corrected chi connectivity index (χ2v) is 9.26. The number of amides is 1. The van der Waals surface area contributed by atoms with Gasteiger partial charge in [-0.25, -0.2) is 13.8 Å². The maximum Gasteiger partial charge on any atom is 0.276 e. The molecule has 3 heterocycles. The van der Waals surface area contributed by atoms with Gasteiger partial charge in [0.2, 0.25) is 0 Å². The Bertz CT molecular complexity index is 1460. The number of nitrogens with zero attached hydrogens (tertiary/aromatic N) is 4. The van der Waals surface area contributed by atoms with Crippen molar-refractivity contribution in [3.05, 3.63) is 75.2 Å². The highest BCUT2D eigenvalue weighted by Gasteiger charge is 2.26. The van der Waals surface area contributed by atoms with E-state index in [2.05, 4.69) is 20.3 Å². The number of nitrogens with one attached hydrogen (secondary N) is 1. The van der Waals surface area contributed by atoms with E-state index in [0.29, 0.717) is 16.9 Å². The van der Waals surface area contributed by atoms with Crippen LogP contribution in [-0.4, -0.2) is 39.8 Å². The Labute approximate surface area is 196 Å². The van der Waals surface area contributed by atoms with Gasteiger partial charge in [-0.1, -0.05) is 6.07 Å². The highest BCUT2D eigenvalue weighted by atomic mass is 32.1. The number of anilines is 2. The van der Waals surface area contributed by atoms with Gasteiger partial charge in [-0.2, -0.15) is 9.78 Å². The summed E-state index contributed by atoms with van der Waals surface area (Å²) in [4.78, 5) is 32.1. The van der Waals surface area contributed by atoms with Crippen molar-refractivity contribution in [3.8, 4) is 5.69 Å². The first-order valence-electron chi connectivity index (χ1n) is 10.6. The standard InChI is InChI=1S/C23H20F2N6O2S/c1-12-27-20-18(34-12)7-5-16(22(20)30-10-9-13(26)11-30)28-23(33)17-6-8-19(32)31(29-17)21-14(24)3-2-4-15(21)25/h2-8,13H,9-11,26H2,1H3,(H,28,33)/t13-/m1/s1. The highest BCUT2D eigenvalue weighted by molar-refractivity contribution is 7.18. The summed E-state index contributed by atoms with van der Waals surface area (Å²) < 4.78 is 30.0. The molecule has 2 aromatic heterocycles. The minimum Gasteiger partial charge on any atom is -0.366 e. The van der Waals surface area contributed by atoms with Crippen molar-refractivity contribution in [3.63, 3.8) is 0 Å². The summed E-state index contributed by atoms with van der Waals surface area (Å²) in [5.41, 5.74) is 6.55. The molecule has 1 fully saturated rings. The van der Waals surface area contributed by atoms with Crippen molar-refractivity contribution in [2.75, 3.05) is 23.3 Å². The monoisotopic (exact) mass is 482 g/mol. The lowest BCUT2D eigenvalue weighted by molar-refractivity contribution is 0.102. The second-order valence-electron chi connectivity index (χ2n) is 8.03. The number of halogens is 2. The van der Waals surface area contributed by atoms with Crippen LogP contribution in [0.25, 0.3) is 15.9 Å². The maximum atomic E-state index is 14.2. The number of aromatic nitrogens is 3. The molecule has 0 unspecified atom stereocenters. The molecule has 174 valence electrons. The molecular formula is C23H20F2N6O2S. The van der Waals surface area contributed by atoms with Gasteiger partial charge in [0, 0.05) is 25.2 Å². The first kappa shape index (κ1) is 22.1. The number of rotatable bonds is 4. The number of thiazole rings is 1.